The van der Waals surface area contributed by atoms with Gasteiger partial charge in [-0.3, -0.25) is 0 Å². The average molecular weight is 219 g/mol. The summed E-state index contributed by atoms with van der Waals surface area (Å²) in [4.78, 5) is 0. The van der Waals surface area contributed by atoms with Gasteiger partial charge in [-0.05, 0) is 49.9 Å². The molecule has 2 heteroatoms. The van der Waals surface area contributed by atoms with Gasteiger partial charge in [0.2, 0.25) is 0 Å². The predicted octanol–water partition coefficient (Wildman–Crippen LogP) is 2.98. The van der Waals surface area contributed by atoms with Crippen LogP contribution < -0.4 is 10.1 Å². The molecule has 0 radical (unpaired) electrons. The summed E-state index contributed by atoms with van der Waals surface area (Å²) in [7, 11) is 1.76. The number of hydrogen-bond donors (Lipinski definition) is 1. The Morgan fingerprint density at radius 1 is 1.25 bits per heavy atom. The first kappa shape index (κ1) is 11.5. The molecule has 0 amide bonds. The summed E-state index contributed by atoms with van der Waals surface area (Å²) in [5.41, 5.74) is 3.96. The van der Waals surface area contributed by atoms with Crippen molar-refractivity contribution < 1.29 is 4.74 Å². The summed E-state index contributed by atoms with van der Waals surface area (Å²) < 4.78 is 5.50. The second-order valence-corrected chi connectivity index (χ2v) is 4.88. The summed E-state index contributed by atoms with van der Waals surface area (Å²) in [5.74, 6) is 1.71. The molecule has 1 aliphatic heterocycles. The van der Waals surface area contributed by atoms with Gasteiger partial charge in [-0.2, -0.15) is 0 Å². The third-order valence-corrected chi connectivity index (χ3v) is 3.71. The van der Waals surface area contributed by atoms with Crippen LogP contribution in [-0.4, -0.2) is 13.7 Å². The fourth-order valence-electron chi connectivity index (χ4n) is 2.48. The highest BCUT2D eigenvalue weighted by Gasteiger charge is 2.27. The van der Waals surface area contributed by atoms with Crippen molar-refractivity contribution in [1.29, 1.82) is 0 Å². The number of methoxy groups -OCH3 is 1. The third kappa shape index (κ3) is 1.94. The van der Waals surface area contributed by atoms with Gasteiger partial charge in [0.05, 0.1) is 7.11 Å². The lowest BCUT2D eigenvalue weighted by Gasteiger charge is -2.20. The Bertz CT molecular complexity index is 387. The monoisotopic (exact) mass is 219 g/mol. The molecule has 1 N–H and O–H groups in total. The van der Waals surface area contributed by atoms with Gasteiger partial charge in [-0.15, -0.1) is 0 Å². The van der Waals surface area contributed by atoms with E-state index < -0.39 is 0 Å². The van der Waals surface area contributed by atoms with Crippen molar-refractivity contribution in [3.05, 3.63) is 28.8 Å². The number of ether oxygens (including phenoxy) is 1. The van der Waals surface area contributed by atoms with E-state index in [2.05, 4.69) is 38.2 Å². The van der Waals surface area contributed by atoms with Crippen LogP contribution in [0.15, 0.2) is 12.1 Å². The van der Waals surface area contributed by atoms with Crippen molar-refractivity contribution in [2.45, 2.75) is 33.2 Å². The summed E-state index contributed by atoms with van der Waals surface area (Å²) in [6.45, 7) is 7.71. The van der Waals surface area contributed by atoms with Crippen LogP contribution in [0.5, 0.6) is 5.75 Å². The Morgan fingerprint density at radius 3 is 2.50 bits per heavy atom. The number of benzene rings is 1. The lowest BCUT2D eigenvalue weighted by atomic mass is 9.93. The Balaban J connectivity index is 2.42. The van der Waals surface area contributed by atoms with E-state index >= 15 is 0 Å². The maximum absolute atomic E-state index is 5.50. The van der Waals surface area contributed by atoms with Crippen LogP contribution in [0, 0.1) is 19.8 Å². The molecule has 2 nitrogen and oxygen atoms in total. The second kappa shape index (κ2) is 4.46. The zero-order valence-electron chi connectivity index (χ0n) is 10.6. The van der Waals surface area contributed by atoms with E-state index in [-0.39, 0.29) is 0 Å². The van der Waals surface area contributed by atoms with Crippen molar-refractivity contribution >= 4 is 0 Å². The molecular weight excluding hydrogens is 198 g/mol. The molecule has 1 saturated heterocycles. The quantitative estimate of drug-likeness (QED) is 0.825. The van der Waals surface area contributed by atoms with E-state index in [0.717, 1.165) is 12.3 Å². The molecule has 1 aromatic carbocycles. The van der Waals surface area contributed by atoms with Crippen LogP contribution >= 0.6 is 0 Å². The molecule has 1 heterocycles. The SMILES string of the molecule is COc1cc(C)c(C)cc1[C@@H]1NCC[C@H]1C. The molecule has 2 atom stereocenters. The van der Waals surface area contributed by atoms with Crippen LogP contribution in [0.1, 0.15) is 36.1 Å². The van der Waals surface area contributed by atoms with E-state index in [4.69, 9.17) is 4.74 Å². The van der Waals surface area contributed by atoms with Gasteiger partial charge in [0, 0.05) is 11.6 Å². The number of hydrogen-bond acceptors (Lipinski definition) is 2. The van der Waals surface area contributed by atoms with Crippen LogP contribution in [0.25, 0.3) is 0 Å². The average Bonchev–Trinajstić information content (AvgIpc) is 2.68. The summed E-state index contributed by atoms with van der Waals surface area (Å²) >= 11 is 0. The molecule has 0 bridgehead atoms. The standard InChI is InChI=1S/C14H21NO/c1-9-5-6-15-14(9)12-7-10(2)11(3)8-13(12)16-4/h7-9,14-15H,5-6H2,1-4H3/t9-,14-/m1/s1. The number of nitrogens with one attached hydrogen (secondary N) is 1. The first-order valence-electron chi connectivity index (χ1n) is 6.02. The van der Waals surface area contributed by atoms with E-state index in [1.165, 1.54) is 23.1 Å². The third-order valence-electron chi connectivity index (χ3n) is 3.71. The Morgan fingerprint density at radius 2 is 1.94 bits per heavy atom. The molecular formula is C14H21NO. The van der Waals surface area contributed by atoms with Gasteiger partial charge in [0.1, 0.15) is 5.75 Å². The molecule has 2 rings (SSSR count). The fraction of sp³-hybridized carbons (Fsp3) is 0.571. The van der Waals surface area contributed by atoms with Gasteiger partial charge in [-0.25, -0.2) is 0 Å². The first-order chi connectivity index (χ1) is 7.63. The minimum atomic E-state index is 0.453. The van der Waals surface area contributed by atoms with Gasteiger partial charge in [-0.1, -0.05) is 13.0 Å². The van der Waals surface area contributed by atoms with E-state index in [9.17, 15) is 0 Å². The van der Waals surface area contributed by atoms with Crippen molar-refractivity contribution in [3.63, 3.8) is 0 Å². The Hall–Kier alpha value is -1.02. The maximum atomic E-state index is 5.50. The molecule has 0 aromatic heterocycles. The Labute approximate surface area is 98.0 Å². The molecule has 16 heavy (non-hydrogen) atoms. The minimum absolute atomic E-state index is 0.453. The molecule has 1 fully saturated rings. The number of aryl methyl sites for hydroxylation is 2. The normalized spacial score (nSPS) is 24.8. The molecule has 0 spiro atoms. The molecule has 88 valence electrons. The lowest BCUT2D eigenvalue weighted by Crippen LogP contribution is -2.17. The zero-order valence-corrected chi connectivity index (χ0v) is 10.6. The van der Waals surface area contributed by atoms with Crippen LogP contribution in [0.4, 0.5) is 0 Å². The Kier molecular flexibility index (Phi) is 3.20. The first-order valence-corrected chi connectivity index (χ1v) is 6.02. The highest BCUT2D eigenvalue weighted by molar-refractivity contribution is 5.44. The maximum Gasteiger partial charge on any atom is 0.123 e. The predicted molar refractivity (Wildman–Crippen MR) is 67.0 cm³/mol. The topological polar surface area (TPSA) is 21.3 Å². The van der Waals surface area contributed by atoms with Gasteiger partial charge >= 0.3 is 0 Å². The summed E-state index contributed by atoms with van der Waals surface area (Å²) in [5, 5.41) is 3.56. The highest BCUT2D eigenvalue weighted by atomic mass is 16.5. The fourth-order valence-corrected chi connectivity index (χ4v) is 2.48. The van der Waals surface area contributed by atoms with Crippen LogP contribution in [0.2, 0.25) is 0 Å². The zero-order chi connectivity index (χ0) is 11.7. The van der Waals surface area contributed by atoms with Gasteiger partial charge in [0.15, 0.2) is 0 Å². The van der Waals surface area contributed by atoms with Crippen molar-refractivity contribution in [2.24, 2.45) is 5.92 Å². The van der Waals surface area contributed by atoms with Crippen molar-refractivity contribution in [3.8, 4) is 5.75 Å². The van der Waals surface area contributed by atoms with E-state index in [1.54, 1.807) is 7.11 Å². The highest BCUT2D eigenvalue weighted by Crippen LogP contribution is 2.36. The smallest absolute Gasteiger partial charge is 0.123 e. The van der Waals surface area contributed by atoms with Gasteiger partial charge in [0.25, 0.3) is 0 Å². The summed E-state index contributed by atoms with van der Waals surface area (Å²) in [6, 6.07) is 4.87. The molecule has 0 unspecified atom stereocenters. The van der Waals surface area contributed by atoms with Crippen molar-refractivity contribution in [1.82, 2.24) is 5.32 Å². The second-order valence-electron chi connectivity index (χ2n) is 4.88. The molecule has 1 aliphatic rings. The molecule has 0 aliphatic carbocycles. The molecule has 0 saturated carbocycles. The van der Waals surface area contributed by atoms with Gasteiger partial charge < -0.3 is 10.1 Å². The number of rotatable bonds is 2. The minimum Gasteiger partial charge on any atom is -0.496 e. The van der Waals surface area contributed by atoms with Crippen molar-refractivity contribution in [2.75, 3.05) is 13.7 Å². The summed E-state index contributed by atoms with van der Waals surface area (Å²) in [6.07, 6.45) is 1.25. The van der Waals surface area contributed by atoms with Crippen LogP contribution in [0.3, 0.4) is 0 Å². The lowest BCUT2D eigenvalue weighted by molar-refractivity contribution is 0.393. The van der Waals surface area contributed by atoms with E-state index in [1.807, 2.05) is 0 Å². The largest absolute Gasteiger partial charge is 0.496 e. The van der Waals surface area contributed by atoms with Crippen LogP contribution in [-0.2, 0) is 0 Å². The van der Waals surface area contributed by atoms with E-state index in [0.29, 0.717) is 12.0 Å². The molecule has 1 aromatic rings.